The van der Waals surface area contributed by atoms with Crippen molar-refractivity contribution in [1.82, 2.24) is 0 Å². The number of hydrogen-bond acceptors (Lipinski definition) is 6. The molecule has 0 unspecified atom stereocenters. The van der Waals surface area contributed by atoms with Crippen LogP contribution in [0.1, 0.15) is 18.1 Å². The van der Waals surface area contributed by atoms with Crippen LogP contribution < -0.4 is 14.2 Å². The zero-order valence-corrected chi connectivity index (χ0v) is 19.2. The van der Waals surface area contributed by atoms with Gasteiger partial charge in [-0.1, -0.05) is 0 Å². The largest absolute Gasteiger partial charge is 0.494 e. The molecule has 0 saturated heterocycles. The highest BCUT2D eigenvalue weighted by Gasteiger charge is 2.12. The van der Waals surface area contributed by atoms with Gasteiger partial charge in [0, 0.05) is 18.3 Å². The monoisotopic (exact) mass is 532 g/mol. The first-order valence-electron chi connectivity index (χ1n) is 9.50. The van der Waals surface area contributed by atoms with Gasteiger partial charge in [0.15, 0.2) is 11.5 Å². The van der Waals surface area contributed by atoms with Crippen LogP contribution >= 0.6 is 22.6 Å². The summed E-state index contributed by atoms with van der Waals surface area (Å²) < 4.78 is 17.7. The first kappa shape index (κ1) is 22.5. The minimum Gasteiger partial charge on any atom is -0.494 e. The highest BCUT2D eigenvalue weighted by molar-refractivity contribution is 14.1. The van der Waals surface area contributed by atoms with Gasteiger partial charge in [0.25, 0.3) is 5.69 Å². The number of nitro groups is 1. The lowest BCUT2D eigenvalue weighted by atomic mass is 10.2. The van der Waals surface area contributed by atoms with Gasteiger partial charge in [-0.25, -0.2) is 0 Å². The van der Waals surface area contributed by atoms with E-state index in [0.29, 0.717) is 18.1 Å². The molecule has 0 atom stereocenters. The summed E-state index contributed by atoms with van der Waals surface area (Å²) in [6.45, 7) is 2.84. The molecule has 31 heavy (non-hydrogen) atoms. The number of nitro benzene ring substituents is 1. The molecule has 0 radical (unpaired) electrons. The molecule has 0 aliphatic carbocycles. The molecule has 0 aliphatic rings. The van der Waals surface area contributed by atoms with Gasteiger partial charge < -0.3 is 14.2 Å². The molecule has 0 N–H and O–H groups in total. The third-order valence-corrected chi connectivity index (χ3v) is 5.09. The van der Waals surface area contributed by atoms with E-state index in [1.54, 1.807) is 25.5 Å². The lowest BCUT2D eigenvalue weighted by molar-refractivity contribution is -0.384. The number of hydrogen-bond donors (Lipinski definition) is 0. The molecule has 3 rings (SSSR count). The highest BCUT2D eigenvalue weighted by atomic mass is 127. The van der Waals surface area contributed by atoms with Gasteiger partial charge in [-0.2, -0.15) is 0 Å². The van der Waals surface area contributed by atoms with Crippen molar-refractivity contribution in [1.29, 1.82) is 0 Å². The Bertz CT molecular complexity index is 1070. The summed E-state index contributed by atoms with van der Waals surface area (Å²) in [6.07, 6.45) is 1.76. The van der Waals surface area contributed by atoms with Crippen LogP contribution in [0.3, 0.4) is 0 Å². The van der Waals surface area contributed by atoms with Gasteiger partial charge in [-0.05, 0) is 89.2 Å². The van der Waals surface area contributed by atoms with Crippen LogP contribution in [0.15, 0.2) is 65.7 Å². The fourth-order valence-corrected chi connectivity index (χ4v) is 3.55. The molecule has 8 heteroatoms. The Morgan fingerprint density at radius 1 is 1.06 bits per heavy atom. The van der Waals surface area contributed by atoms with E-state index in [-0.39, 0.29) is 12.3 Å². The summed E-state index contributed by atoms with van der Waals surface area (Å²) >= 11 is 2.19. The molecule has 0 fully saturated rings. The smallest absolute Gasteiger partial charge is 0.269 e. The molecule has 0 heterocycles. The maximum atomic E-state index is 10.8. The molecule has 0 aromatic heterocycles. The Labute approximate surface area is 194 Å². The number of non-ortho nitro benzene ring substituents is 1. The highest BCUT2D eigenvalue weighted by Crippen LogP contribution is 2.34. The normalized spacial score (nSPS) is 10.8. The Kier molecular flexibility index (Phi) is 7.82. The summed E-state index contributed by atoms with van der Waals surface area (Å²) in [7, 11) is 1.58. The summed E-state index contributed by atoms with van der Waals surface area (Å²) in [4.78, 5) is 14.9. The predicted molar refractivity (Wildman–Crippen MR) is 128 cm³/mol. The van der Waals surface area contributed by atoms with Crippen molar-refractivity contribution in [3.8, 4) is 17.2 Å². The maximum Gasteiger partial charge on any atom is 0.269 e. The van der Waals surface area contributed by atoms with E-state index in [2.05, 4.69) is 27.6 Å². The lowest BCUT2D eigenvalue weighted by Gasteiger charge is -2.13. The Balaban J connectivity index is 1.72. The zero-order chi connectivity index (χ0) is 22.2. The van der Waals surface area contributed by atoms with Gasteiger partial charge in [-0.15, -0.1) is 0 Å². The second kappa shape index (κ2) is 10.8. The van der Waals surface area contributed by atoms with Crippen molar-refractivity contribution in [3.05, 3.63) is 85.5 Å². The predicted octanol–water partition coefficient (Wildman–Crippen LogP) is 5.94. The average Bonchev–Trinajstić information content (AvgIpc) is 2.78. The molecule has 7 nitrogen and oxygen atoms in total. The van der Waals surface area contributed by atoms with Gasteiger partial charge >= 0.3 is 0 Å². The van der Waals surface area contributed by atoms with E-state index in [0.717, 1.165) is 26.1 Å². The molecule has 0 spiro atoms. The summed E-state index contributed by atoms with van der Waals surface area (Å²) in [5, 5.41) is 10.8. The first-order valence-corrected chi connectivity index (χ1v) is 10.6. The van der Waals surface area contributed by atoms with Gasteiger partial charge in [-0.3, -0.25) is 15.1 Å². The van der Waals surface area contributed by atoms with Crippen LogP contribution in [-0.2, 0) is 6.61 Å². The number of halogens is 1. The molecular weight excluding hydrogens is 511 g/mol. The third kappa shape index (κ3) is 6.17. The van der Waals surface area contributed by atoms with E-state index in [4.69, 9.17) is 14.2 Å². The number of benzene rings is 3. The van der Waals surface area contributed by atoms with Crippen molar-refractivity contribution < 1.29 is 19.1 Å². The van der Waals surface area contributed by atoms with E-state index >= 15 is 0 Å². The Morgan fingerprint density at radius 3 is 2.39 bits per heavy atom. The Hall–Kier alpha value is -3.14. The Morgan fingerprint density at radius 2 is 1.77 bits per heavy atom. The number of nitrogens with zero attached hydrogens (tertiary/aromatic N) is 2. The molecular formula is C23H21IN2O5. The fourth-order valence-electron chi connectivity index (χ4n) is 2.77. The second-order valence-electron chi connectivity index (χ2n) is 6.43. The number of ether oxygens (including phenoxy) is 3. The van der Waals surface area contributed by atoms with Gasteiger partial charge in [0.1, 0.15) is 12.4 Å². The quantitative estimate of drug-likeness (QED) is 0.148. The summed E-state index contributed by atoms with van der Waals surface area (Å²) in [6, 6.07) is 17.6. The number of methoxy groups -OCH3 is 1. The minimum absolute atomic E-state index is 0.0482. The molecule has 3 aromatic carbocycles. The van der Waals surface area contributed by atoms with Crippen LogP contribution in [0.2, 0.25) is 0 Å². The second-order valence-corrected chi connectivity index (χ2v) is 7.59. The molecule has 0 bridgehead atoms. The van der Waals surface area contributed by atoms with E-state index < -0.39 is 4.92 Å². The fraction of sp³-hybridized carbons (Fsp3) is 0.174. The van der Waals surface area contributed by atoms with Crippen molar-refractivity contribution in [3.63, 3.8) is 0 Å². The molecule has 160 valence electrons. The van der Waals surface area contributed by atoms with E-state index in [9.17, 15) is 10.1 Å². The van der Waals surface area contributed by atoms with Crippen LogP contribution in [-0.4, -0.2) is 24.9 Å². The summed E-state index contributed by atoms with van der Waals surface area (Å²) in [5.74, 6) is 2.01. The number of aliphatic imine (C=N–C) groups is 1. The van der Waals surface area contributed by atoms with Crippen molar-refractivity contribution in [2.45, 2.75) is 13.5 Å². The third-order valence-electron chi connectivity index (χ3n) is 4.29. The number of rotatable bonds is 9. The minimum atomic E-state index is -0.426. The standard InChI is InChI=1S/C23H21IN2O5/c1-3-30-20-10-6-18(7-11-20)25-14-17-12-21(24)23(22(13-17)29-2)31-15-16-4-8-19(9-5-16)26(27)28/h4-14H,3,15H2,1-2H3. The zero-order valence-electron chi connectivity index (χ0n) is 17.1. The van der Waals surface area contributed by atoms with Crippen LogP contribution in [0.25, 0.3) is 0 Å². The van der Waals surface area contributed by atoms with Crippen molar-refractivity contribution in [2.75, 3.05) is 13.7 Å². The lowest BCUT2D eigenvalue weighted by Crippen LogP contribution is -2.01. The van der Waals surface area contributed by atoms with Crippen molar-refractivity contribution in [2.24, 2.45) is 4.99 Å². The molecule has 0 aliphatic heterocycles. The molecule has 3 aromatic rings. The molecule has 0 saturated carbocycles. The van der Waals surface area contributed by atoms with E-state index in [1.807, 2.05) is 43.3 Å². The van der Waals surface area contributed by atoms with Crippen molar-refractivity contribution >= 4 is 40.2 Å². The maximum absolute atomic E-state index is 10.8. The average molecular weight is 532 g/mol. The molecule has 0 amide bonds. The topological polar surface area (TPSA) is 83.2 Å². The first-order chi connectivity index (χ1) is 15.0. The van der Waals surface area contributed by atoms with Crippen LogP contribution in [0.5, 0.6) is 17.2 Å². The summed E-state index contributed by atoms with van der Waals surface area (Å²) in [5.41, 5.74) is 2.56. The van der Waals surface area contributed by atoms with Crippen LogP contribution in [0.4, 0.5) is 11.4 Å². The van der Waals surface area contributed by atoms with Gasteiger partial charge in [0.05, 0.1) is 27.9 Å². The van der Waals surface area contributed by atoms with Gasteiger partial charge in [0.2, 0.25) is 0 Å². The SMILES string of the molecule is CCOc1ccc(N=Cc2cc(I)c(OCc3ccc([N+](=O)[O-])cc3)c(OC)c2)cc1. The van der Waals surface area contributed by atoms with E-state index in [1.165, 1.54) is 12.1 Å². The van der Waals surface area contributed by atoms with Crippen LogP contribution in [0, 0.1) is 13.7 Å².